The molecule has 1 saturated heterocycles. The van der Waals surface area contributed by atoms with E-state index in [0.717, 1.165) is 6.42 Å². The number of methoxy groups -OCH3 is 1. The van der Waals surface area contributed by atoms with Gasteiger partial charge in [0, 0.05) is 26.7 Å². The molecule has 0 bridgehead atoms. The molecule has 20 heavy (non-hydrogen) atoms. The molecule has 108 valence electrons. The van der Waals surface area contributed by atoms with Crippen molar-refractivity contribution in [1.82, 2.24) is 9.78 Å². The van der Waals surface area contributed by atoms with E-state index in [9.17, 15) is 4.79 Å². The van der Waals surface area contributed by atoms with Gasteiger partial charge in [-0.3, -0.25) is 4.79 Å². The van der Waals surface area contributed by atoms with Crippen molar-refractivity contribution in [3.63, 3.8) is 0 Å². The van der Waals surface area contributed by atoms with Crippen LogP contribution in [-0.2, 0) is 16.0 Å². The van der Waals surface area contributed by atoms with Crippen LogP contribution < -0.4 is 10.9 Å². The number of nitrogens with zero attached hydrogens (tertiary/aromatic N) is 2. The van der Waals surface area contributed by atoms with Crippen LogP contribution in [0.3, 0.4) is 0 Å². The molecular formula is C13H16ClN3O3. The molecule has 1 atom stereocenters. The third kappa shape index (κ3) is 2.96. The van der Waals surface area contributed by atoms with Crippen LogP contribution in [0.4, 0.5) is 5.69 Å². The van der Waals surface area contributed by atoms with Gasteiger partial charge in [-0.2, -0.15) is 5.10 Å². The molecule has 2 rings (SSSR count). The highest BCUT2D eigenvalue weighted by molar-refractivity contribution is 6.33. The van der Waals surface area contributed by atoms with Crippen LogP contribution in [0.1, 0.15) is 6.42 Å². The molecule has 1 unspecified atom stereocenters. The van der Waals surface area contributed by atoms with Gasteiger partial charge in [0.2, 0.25) is 0 Å². The van der Waals surface area contributed by atoms with Crippen LogP contribution in [-0.4, -0.2) is 42.2 Å². The predicted molar refractivity (Wildman–Crippen MR) is 76.0 cm³/mol. The highest BCUT2D eigenvalue weighted by atomic mass is 35.5. The maximum atomic E-state index is 12.2. The Morgan fingerprint density at radius 1 is 1.75 bits per heavy atom. The Morgan fingerprint density at radius 2 is 2.55 bits per heavy atom. The van der Waals surface area contributed by atoms with Gasteiger partial charge in [-0.25, -0.2) is 4.68 Å². The zero-order valence-electron chi connectivity index (χ0n) is 11.2. The fraction of sp³-hybridized carbons (Fsp3) is 0.538. The topological polar surface area (TPSA) is 65.4 Å². The number of aromatic nitrogens is 2. The van der Waals surface area contributed by atoms with Crippen LogP contribution in [0, 0.1) is 12.3 Å². The quantitative estimate of drug-likeness (QED) is 0.813. The summed E-state index contributed by atoms with van der Waals surface area (Å²) >= 11 is 6.01. The van der Waals surface area contributed by atoms with Crippen LogP contribution in [0.2, 0.25) is 5.02 Å². The fourth-order valence-corrected chi connectivity index (χ4v) is 2.23. The summed E-state index contributed by atoms with van der Waals surface area (Å²) in [5.41, 5.74) is -0.503. The number of terminal acetylenes is 1. The van der Waals surface area contributed by atoms with Crippen molar-refractivity contribution in [2.75, 3.05) is 32.2 Å². The minimum Gasteiger partial charge on any atom is -0.378 e. The second-order valence-corrected chi connectivity index (χ2v) is 4.98. The Labute approximate surface area is 122 Å². The molecule has 0 aliphatic carbocycles. The van der Waals surface area contributed by atoms with Gasteiger partial charge in [0.25, 0.3) is 5.56 Å². The van der Waals surface area contributed by atoms with Crippen LogP contribution in [0.5, 0.6) is 0 Å². The van der Waals surface area contributed by atoms with Crippen LogP contribution in [0.25, 0.3) is 0 Å². The second kappa shape index (κ2) is 6.27. The van der Waals surface area contributed by atoms with Crippen molar-refractivity contribution in [1.29, 1.82) is 0 Å². The van der Waals surface area contributed by atoms with E-state index in [0.29, 0.717) is 19.8 Å². The minimum absolute atomic E-state index is 0.100. The number of hydrogen-bond acceptors (Lipinski definition) is 5. The maximum absolute atomic E-state index is 12.2. The van der Waals surface area contributed by atoms with Gasteiger partial charge < -0.3 is 14.8 Å². The monoisotopic (exact) mass is 297 g/mol. The molecule has 2 heterocycles. The average Bonchev–Trinajstić information content (AvgIpc) is 2.91. The van der Waals surface area contributed by atoms with Crippen molar-refractivity contribution < 1.29 is 9.47 Å². The van der Waals surface area contributed by atoms with E-state index in [1.807, 2.05) is 0 Å². The zero-order valence-corrected chi connectivity index (χ0v) is 11.9. The first kappa shape index (κ1) is 14.9. The highest BCUT2D eigenvalue weighted by Crippen LogP contribution is 2.24. The first-order valence-corrected chi connectivity index (χ1v) is 6.55. The van der Waals surface area contributed by atoms with Crippen molar-refractivity contribution in [2.45, 2.75) is 18.6 Å². The standard InChI is InChI=1S/C13H16ClN3O3/c1-3-5-17-12(18)11(10(14)7-16-17)15-8-13(19-2)4-6-20-9-13/h1,7,15H,4-6,8-9H2,2H3. The third-order valence-corrected chi connectivity index (χ3v) is 3.61. The number of anilines is 1. The lowest BCUT2D eigenvalue weighted by atomic mass is 10.0. The molecule has 1 aliphatic rings. The molecule has 1 aliphatic heterocycles. The van der Waals surface area contributed by atoms with Gasteiger partial charge in [-0.1, -0.05) is 17.5 Å². The Balaban J connectivity index is 2.19. The fourth-order valence-electron chi connectivity index (χ4n) is 2.04. The highest BCUT2D eigenvalue weighted by Gasteiger charge is 2.35. The van der Waals surface area contributed by atoms with Gasteiger partial charge in [0.05, 0.1) is 17.8 Å². The lowest BCUT2D eigenvalue weighted by Gasteiger charge is -2.26. The van der Waals surface area contributed by atoms with E-state index < -0.39 is 5.60 Å². The number of rotatable bonds is 5. The van der Waals surface area contributed by atoms with Crippen molar-refractivity contribution >= 4 is 17.3 Å². The molecule has 0 aromatic carbocycles. The Morgan fingerprint density at radius 3 is 3.15 bits per heavy atom. The lowest BCUT2D eigenvalue weighted by molar-refractivity contribution is -0.00622. The molecule has 1 aromatic heterocycles. The average molecular weight is 298 g/mol. The molecule has 0 amide bonds. The van der Waals surface area contributed by atoms with Crippen LogP contribution in [0.15, 0.2) is 11.0 Å². The van der Waals surface area contributed by atoms with E-state index in [2.05, 4.69) is 16.3 Å². The van der Waals surface area contributed by atoms with Gasteiger partial charge in [0.1, 0.15) is 17.8 Å². The summed E-state index contributed by atoms with van der Waals surface area (Å²) in [4.78, 5) is 12.2. The summed E-state index contributed by atoms with van der Waals surface area (Å²) < 4.78 is 12.0. The van der Waals surface area contributed by atoms with E-state index in [1.54, 1.807) is 7.11 Å². The molecule has 1 fully saturated rings. The lowest BCUT2D eigenvalue weighted by Crippen LogP contribution is -2.41. The second-order valence-electron chi connectivity index (χ2n) is 4.58. The molecule has 6 nitrogen and oxygen atoms in total. The zero-order chi connectivity index (χ0) is 14.6. The molecule has 0 saturated carbocycles. The van der Waals surface area contributed by atoms with Crippen LogP contribution >= 0.6 is 11.6 Å². The van der Waals surface area contributed by atoms with Crippen molar-refractivity contribution in [3.05, 3.63) is 21.6 Å². The van der Waals surface area contributed by atoms with E-state index in [-0.39, 0.29) is 22.8 Å². The van der Waals surface area contributed by atoms with Crippen molar-refractivity contribution in [3.8, 4) is 12.3 Å². The summed E-state index contributed by atoms with van der Waals surface area (Å²) in [6.45, 7) is 1.65. The number of halogens is 1. The summed E-state index contributed by atoms with van der Waals surface area (Å²) in [7, 11) is 1.63. The Hall–Kier alpha value is -1.55. The maximum Gasteiger partial charge on any atom is 0.292 e. The van der Waals surface area contributed by atoms with E-state index in [1.165, 1.54) is 10.9 Å². The molecule has 1 aromatic rings. The SMILES string of the molecule is C#CCn1ncc(Cl)c(NCC2(OC)CCOC2)c1=O. The first-order chi connectivity index (χ1) is 9.62. The normalized spacial score (nSPS) is 21.6. The smallest absolute Gasteiger partial charge is 0.292 e. The molecule has 7 heteroatoms. The summed E-state index contributed by atoms with van der Waals surface area (Å²) in [6.07, 6.45) is 7.35. The third-order valence-electron chi connectivity index (χ3n) is 3.33. The van der Waals surface area contributed by atoms with Gasteiger partial charge in [-0.05, 0) is 0 Å². The van der Waals surface area contributed by atoms with Gasteiger partial charge in [-0.15, -0.1) is 6.42 Å². The minimum atomic E-state index is -0.435. The van der Waals surface area contributed by atoms with E-state index >= 15 is 0 Å². The van der Waals surface area contributed by atoms with Gasteiger partial charge >= 0.3 is 0 Å². The number of ether oxygens (including phenoxy) is 2. The first-order valence-electron chi connectivity index (χ1n) is 6.18. The molecular weight excluding hydrogens is 282 g/mol. The molecule has 0 spiro atoms. The van der Waals surface area contributed by atoms with E-state index in [4.69, 9.17) is 27.5 Å². The molecule has 0 radical (unpaired) electrons. The molecule has 1 N–H and O–H groups in total. The van der Waals surface area contributed by atoms with Gasteiger partial charge in [0.15, 0.2) is 0 Å². The van der Waals surface area contributed by atoms with Crippen molar-refractivity contribution in [2.24, 2.45) is 0 Å². The largest absolute Gasteiger partial charge is 0.378 e. The summed E-state index contributed by atoms with van der Waals surface area (Å²) in [6, 6.07) is 0. The summed E-state index contributed by atoms with van der Waals surface area (Å²) in [5, 5.41) is 7.17. The predicted octanol–water partition coefficient (Wildman–Crippen LogP) is 0.747. The Kier molecular flexibility index (Phi) is 4.65. The summed E-state index contributed by atoms with van der Waals surface area (Å²) in [5.74, 6) is 2.37. The Bertz CT molecular complexity index is 573. The number of hydrogen-bond donors (Lipinski definition) is 1. The number of nitrogens with one attached hydrogen (secondary N) is 1.